The fourth-order valence-corrected chi connectivity index (χ4v) is 9.30. The summed E-state index contributed by atoms with van der Waals surface area (Å²) in [4.78, 5) is 35.3. The van der Waals surface area contributed by atoms with Crippen molar-refractivity contribution in [3.05, 3.63) is 109 Å². The number of unbranched alkanes of at least 4 members (excludes halogenated alkanes) is 27. The molecule has 2 unspecified atom stereocenters. The molecule has 0 bridgehead atoms. The predicted octanol–water partition coefficient (Wildman–Crippen LogP) is 20.2. The standard InChI is InChI=1S/C67H116NO8P/c1-3-5-7-9-11-13-15-17-19-21-23-25-27-29-31-32-34-35-37-39-41-43-45-47-49-51-53-55-57-59-66(69)73-63-65(64-75-77(71,72)74-62-61-68)76-67(70)60-58-56-54-52-50-48-46-44-42-40-38-36-33-30-28-26-24-22-20-18-16-14-12-10-8-6-4-2/h6,8,12,14-15,17-18,20-21,23-24,26-27,29-30,33,38,40,65H,3-5,7,9-11,13,16,19,22,25,28,31-32,34-37,39,41-64,68H2,1-2H3,(H,71,72)/b8-6-,14-12-,17-15-,20-18-,23-21-,26-24-,29-27-,33-30-,40-38-. The van der Waals surface area contributed by atoms with Crippen LogP contribution in [0.3, 0.4) is 0 Å². The fourth-order valence-electron chi connectivity index (χ4n) is 8.53. The molecule has 442 valence electrons. The third kappa shape index (κ3) is 61.7. The first-order chi connectivity index (χ1) is 37.8. The molecule has 2 atom stereocenters. The van der Waals surface area contributed by atoms with Gasteiger partial charge in [-0.25, -0.2) is 4.57 Å². The van der Waals surface area contributed by atoms with E-state index in [1.807, 2.05) is 0 Å². The molecule has 0 fully saturated rings. The van der Waals surface area contributed by atoms with E-state index in [1.54, 1.807) is 0 Å². The molecule has 0 aromatic rings. The first kappa shape index (κ1) is 73.7. The molecule has 0 rings (SSSR count). The van der Waals surface area contributed by atoms with E-state index < -0.39 is 26.5 Å². The minimum Gasteiger partial charge on any atom is -0.462 e. The van der Waals surface area contributed by atoms with Crippen LogP contribution in [0.15, 0.2) is 109 Å². The van der Waals surface area contributed by atoms with Crippen LogP contribution >= 0.6 is 7.82 Å². The molecule has 0 saturated heterocycles. The molecular formula is C67H116NO8P. The van der Waals surface area contributed by atoms with Gasteiger partial charge in [-0.3, -0.25) is 18.6 Å². The Morgan fingerprint density at radius 3 is 1.06 bits per heavy atom. The van der Waals surface area contributed by atoms with Crippen molar-refractivity contribution < 1.29 is 37.6 Å². The quantitative estimate of drug-likeness (QED) is 0.0264. The SMILES string of the molecule is CC/C=C\C/C=C\C/C=C\C/C=C\C/C=C\C/C=C\CCCCCCCCCCC(=O)OC(COC(=O)CCCCCCCCCCCCCCCC/C=C\C/C=C\C/C=C\CCCCCCC)COP(=O)(O)OCCN. The fraction of sp³-hybridized carbons (Fsp3) is 0.701. The normalized spacial score (nSPS) is 13.8. The van der Waals surface area contributed by atoms with Gasteiger partial charge in [0.2, 0.25) is 0 Å². The Labute approximate surface area is 473 Å². The van der Waals surface area contributed by atoms with Gasteiger partial charge in [-0.15, -0.1) is 0 Å². The van der Waals surface area contributed by atoms with E-state index in [9.17, 15) is 19.0 Å². The second-order valence-electron chi connectivity index (χ2n) is 20.5. The van der Waals surface area contributed by atoms with Crippen molar-refractivity contribution in [2.45, 2.75) is 277 Å². The lowest BCUT2D eigenvalue weighted by atomic mass is 10.0. The first-order valence-corrected chi connectivity index (χ1v) is 32.9. The molecule has 0 aliphatic carbocycles. The van der Waals surface area contributed by atoms with Crippen LogP contribution in [0.4, 0.5) is 0 Å². The number of allylic oxidation sites excluding steroid dienone is 18. The Kier molecular flexibility index (Phi) is 59.2. The monoisotopic (exact) mass is 1090 g/mol. The Morgan fingerprint density at radius 2 is 0.714 bits per heavy atom. The van der Waals surface area contributed by atoms with E-state index in [1.165, 1.54) is 141 Å². The zero-order chi connectivity index (χ0) is 55.9. The highest BCUT2D eigenvalue weighted by molar-refractivity contribution is 7.47. The number of ether oxygens (including phenoxy) is 2. The summed E-state index contributed by atoms with van der Waals surface area (Å²) in [6, 6.07) is 0. The average molecular weight is 1090 g/mol. The maximum atomic E-state index is 12.7. The molecule has 77 heavy (non-hydrogen) atoms. The summed E-state index contributed by atoms with van der Waals surface area (Å²) < 4.78 is 33.1. The molecular weight excluding hydrogens is 978 g/mol. The number of carbonyl (C=O) groups excluding carboxylic acids is 2. The van der Waals surface area contributed by atoms with Gasteiger partial charge in [-0.05, 0) is 103 Å². The lowest BCUT2D eigenvalue weighted by Crippen LogP contribution is -2.29. The van der Waals surface area contributed by atoms with Crippen molar-refractivity contribution in [2.75, 3.05) is 26.4 Å². The van der Waals surface area contributed by atoms with Gasteiger partial charge in [0.15, 0.2) is 6.10 Å². The third-order valence-corrected chi connectivity index (χ3v) is 14.1. The van der Waals surface area contributed by atoms with Crippen LogP contribution in [0.25, 0.3) is 0 Å². The van der Waals surface area contributed by atoms with Gasteiger partial charge in [-0.2, -0.15) is 0 Å². The van der Waals surface area contributed by atoms with E-state index in [-0.39, 0.29) is 38.6 Å². The van der Waals surface area contributed by atoms with Crippen molar-refractivity contribution in [3.63, 3.8) is 0 Å². The highest BCUT2D eigenvalue weighted by atomic mass is 31.2. The summed E-state index contributed by atoms with van der Waals surface area (Å²) in [6.07, 6.45) is 84.3. The van der Waals surface area contributed by atoms with Crippen LogP contribution in [-0.2, 0) is 32.7 Å². The summed E-state index contributed by atoms with van der Waals surface area (Å²) in [5.74, 6) is -0.838. The van der Waals surface area contributed by atoms with Crippen molar-refractivity contribution in [1.29, 1.82) is 0 Å². The Bertz CT molecular complexity index is 1630. The Morgan fingerprint density at radius 1 is 0.403 bits per heavy atom. The molecule has 0 aromatic carbocycles. The zero-order valence-corrected chi connectivity index (χ0v) is 50.3. The molecule has 9 nitrogen and oxygen atoms in total. The van der Waals surface area contributed by atoms with Crippen LogP contribution in [0.1, 0.15) is 271 Å². The van der Waals surface area contributed by atoms with E-state index >= 15 is 0 Å². The number of rotatable bonds is 58. The van der Waals surface area contributed by atoms with Crippen LogP contribution in [-0.4, -0.2) is 49.3 Å². The summed E-state index contributed by atoms with van der Waals surface area (Å²) >= 11 is 0. The molecule has 10 heteroatoms. The number of carbonyl (C=O) groups is 2. The average Bonchev–Trinajstić information content (AvgIpc) is 3.42. The van der Waals surface area contributed by atoms with Gasteiger partial charge in [0.25, 0.3) is 0 Å². The molecule has 0 spiro atoms. The molecule has 0 aromatic heterocycles. The predicted molar refractivity (Wildman–Crippen MR) is 330 cm³/mol. The molecule has 0 aliphatic heterocycles. The molecule has 3 N–H and O–H groups in total. The summed E-state index contributed by atoms with van der Waals surface area (Å²) in [5, 5.41) is 0. The first-order valence-electron chi connectivity index (χ1n) is 31.4. The second-order valence-corrected chi connectivity index (χ2v) is 22.0. The maximum absolute atomic E-state index is 12.7. The molecule has 0 radical (unpaired) electrons. The third-order valence-electron chi connectivity index (χ3n) is 13.1. The number of hydrogen-bond acceptors (Lipinski definition) is 8. The van der Waals surface area contributed by atoms with Crippen molar-refractivity contribution in [2.24, 2.45) is 5.73 Å². The summed E-state index contributed by atoms with van der Waals surface area (Å²) in [7, 11) is -4.40. The highest BCUT2D eigenvalue weighted by Gasteiger charge is 2.26. The topological polar surface area (TPSA) is 134 Å². The number of esters is 2. The number of hydrogen-bond donors (Lipinski definition) is 2. The van der Waals surface area contributed by atoms with Crippen LogP contribution in [0.5, 0.6) is 0 Å². The summed E-state index contributed by atoms with van der Waals surface area (Å²) in [6.45, 7) is 3.62. The summed E-state index contributed by atoms with van der Waals surface area (Å²) in [5.41, 5.74) is 5.39. The van der Waals surface area contributed by atoms with Crippen LogP contribution in [0.2, 0.25) is 0 Å². The Hall–Kier alpha value is -3.33. The van der Waals surface area contributed by atoms with E-state index in [2.05, 4.69) is 123 Å². The van der Waals surface area contributed by atoms with Gasteiger partial charge in [0.1, 0.15) is 6.61 Å². The zero-order valence-electron chi connectivity index (χ0n) is 49.4. The van der Waals surface area contributed by atoms with Crippen LogP contribution < -0.4 is 5.73 Å². The van der Waals surface area contributed by atoms with E-state index in [0.717, 1.165) is 96.3 Å². The molecule has 0 saturated carbocycles. The van der Waals surface area contributed by atoms with E-state index in [0.29, 0.717) is 6.42 Å². The van der Waals surface area contributed by atoms with Gasteiger partial charge in [-0.1, -0.05) is 264 Å². The van der Waals surface area contributed by atoms with Crippen molar-refractivity contribution in [1.82, 2.24) is 0 Å². The maximum Gasteiger partial charge on any atom is 0.472 e. The van der Waals surface area contributed by atoms with Crippen molar-refractivity contribution >= 4 is 19.8 Å². The van der Waals surface area contributed by atoms with Crippen molar-refractivity contribution in [3.8, 4) is 0 Å². The smallest absolute Gasteiger partial charge is 0.462 e. The lowest BCUT2D eigenvalue weighted by Gasteiger charge is -2.19. The number of nitrogens with two attached hydrogens (primary N) is 1. The van der Waals surface area contributed by atoms with E-state index in [4.69, 9.17) is 24.3 Å². The second kappa shape index (κ2) is 61.9. The lowest BCUT2D eigenvalue weighted by molar-refractivity contribution is -0.161. The van der Waals surface area contributed by atoms with Crippen LogP contribution in [0, 0.1) is 0 Å². The molecule has 0 amide bonds. The molecule has 0 heterocycles. The van der Waals surface area contributed by atoms with Gasteiger partial charge >= 0.3 is 19.8 Å². The van der Waals surface area contributed by atoms with Gasteiger partial charge in [0.05, 0.1) is 13.2 Å². The largest absolute Gasteiger partial charge is 0.472 e. The number of phosphoric acid groups is 1. The van der Waals surface area contributed by atoms with Gasteiger partial charge in [0, 0.05) is 19.4 Å². The highest BCUT2D eigenvalue weighted by Crippen LogP contribution is 2.43. The van der Waals surface area contributed by atoms with Gasteiger partial charge < -0.3 is 20.1 Å². The minimum atomic E-state index is -4.40. The molecule has 0 aliphatic rings. The Balaban J connectivity index is 3.98. The number of phosphoric ester groups is 1. The minimum absolute atomic E-state index is 0.0470.